The minimum absolute atomic E-state index is 0.219. The zero-order valence-corrected chi connectivity index (χ0v) is 13.6. The van der Waals surface area contributed by atoms with Crippen LogP contribution in [0.5, 0.6) is 11.5 Å². The molecule has 0 aromatic heterocycles. The van der Waals surface area contributed by atoms with Gasteiger partial charge in [0.15, 0.2) is 0 Å². The number of ether oxygens (including phenoxy) is 2. The fraction of sp³-hybridized carbons (Fsp3) is 0.526. The van der Waals surface area contributed by atoms with Crippen molar-refractivity contribution in [3.05, 3.63) is 28.8 Å². The number of esters is 1. The minimum atomic E-state index is -0.506. The highest BCUT2D eigenvalue weighted by molar-refractivity contribution is 5.72. The van der Waals surface area contributed by atoms with Gasteiger partial charge < -0.3 is 14.6 Å². The van der Waals surface area contributed by atoms with Gasteiger partial charge in [0.25, 0.3) is 0 Å². The average molecular weight is 314 g/mol. The topological polar surface area (TPSA) is 55.8 Å². The highest BCUT2D eigenvalue weighted by Gasteiger charge is 2.43. The molecule has 1 fully saturated rings. The Kier molecular flexibility index (Phi) is 3.19. The van der Waals surface area contributed by atoms with Crippen LogP contribution in [0.15, 0.2) is 12.1 Å². The van der Waals surface area contributed by atoms with Crippen LogP contribution in [0.2, 0.25) is 0 Å². The number of phenols is 1. The Morgan fingerprint density at radius 2 is 2.13 bits per heavy atom. The molecule has 0 spiro atoms. The summed E-state index contributed by atoms with van der Waals surface area (Å²) in [7, 11) is 1.41. The molecule has 23 heavy (non-hydrogen) atoms. The summed E-state index contributed by atoms with van der Waals surface area (Å²) in [6.07, 6.45) is 8.39. The van der Waals surface area contributed by atoms with E-state index in [-0.39, 0.29) is 5.97 Å². The van der Waals surface area contributed by atoms with E-state index in [1.807, 2.05) is 25.1 Å². The monoisotopic (exact) mass is 314 g/mol. The number of carbonyl (C=O) groups is 1. The van der Waals surface area contributed by atoms with Crippen molar-refractivity contribution in [1.82, 2.24) is 0 Å². The van der Waals surface area contributed by atoms with E-state index in [0.717, 1.165) is 23.3 Å². The molecular formula is C19H22O4. The van der Waals surface area contributed by atoms with Crippen molar-refractivity contribution < 1.29 is 19.4 Å². The third-order valence-electron chi connectivity index (χ3n) is 5.62. The van der Waals surface area contributed by atoms with Gasteiger partial charge in [0.05, 0.1) is 7.11 Å². The molecule has 0 radical (unpaired) electrons. The molecule has 1 aromatic carbocycles. The van der Waals surface area contributed by atoms with E-state index in [1.54, 1.807) is 0 Å². The molecule has 1 aliphatic heterocycles. The molecule has 3 aliphatic rings. The smallest absolute Gasteiger partial charge is 0.305 e. The van der Waals surface area contributed by atoms with E-state index in [2.05, 4.69) is 0 Å². The number of carbonyl (C=O) groups excluding carboxylic acids is 1. The quantitative estimate of drug-likeness (QED) is 0.860. The van der Waals surface area contributed by atoms with Crippen LogP contribution in [0.4, 0.5) is 0 Å². The third-order valence-corrected chi connectivity index (χ3v) is 5.62. The molecule has 1 saturated carbocycles. The normalized spacial score (nSPS) is 29.8. The molecule has 0 amide bonds. The zero-order chi connectivity index (χ0) is 16.2. The Bertz CT molecular complexity index is 706. The van der Waals surface area contributed by atoms with Gasteiger partial charge in [-0.25, -0.2) is 0 Å². The van der Waals surface area contributed by atoms with E-state index in [4.69, 9.17) is 9.47 Å². The number of phenolic OH excluding ortho intramolecular Hbond substituents is 1. The maximum absolute atomic E-state index is 11.4. The summed E-state index contributed by atoms with van der Waals surface area (Å²) in [4.78, 5) is 11.4. The van der Waals surface area contributed by atoms with E-state index in [0.29, 0.717) is 30.4 Å². The number of benzene rings is 1. The Balaban J connectivity index is 1.69. The van der Waals surface area contributed by atoms with Crippen LogP contribution in [-0.4, -0.2) is 23.8 Å². The van der Waals surface area contributed by atoms with Crippen molar-refractivity contribution in [2.75, 3.05) is 7.11 Å². The summed E-state index contributed by atoms with van der Waals surface area (Å²) in [5, 5.41) is 10.4. The van der Waals surface area contributed by atoms with Crippen molar-refractivity contribution in [2.45, 2.75) is 56.5 Å². The third kappa shape index (κ3) is 2.23. The van der Waals surface area contributed by atoms with E-state index in [9.17, 15) is 9.90 Å². The fourth-order valence-electron chi connectivity index (χ4n) is 4.40. The molecule has 3 atom stereocenters. The number of rotatable bonds is 3. The first-order valence-corrected chi connectivity index (χ1v) is 8.35. The van der Waals surface area contributed by atoms with Crippen molar-refractivity contribution in [3.8, 4) is 11.5 Å². The first kappa shape index (κ1) is 14.6. The molecule has 2 aliphatic carbocycles. The summed E-state index contributed by atoms with van der Waals surface area (Å²) < 4.78 is 11.1. The second-order valence-electron chi connectivity index (χ2n) is 7.17. The summed E-state index contributed by atoms with van der Waals surface area (Å²) in [6.45, 7) is 2.00. The second kappa shape index (κ2) is 5.02. The lowest BCUT2D eigenvalue weighted by Crippen LogP contribution is -2.33. The largest absolute Gasteiger partial charge is 0.508 e. The lowest BCUT2D eigenvalue weighted by molar-refractivity contribution is -0.141. The first-order valence-electron chi connectivity index (χ1n) is 8.35. The first-order chi connectivity index (χ1) is 11.0. The van der Waals surface area contributed by atoms with Gasteiger partial charge in [-0.15, -0.1) is 0 Å². The van der Waals surface area contributed by atoms with Gasteiger partial charge in [0, 0.05) is 29.5 Å². The maximum atomic E-state index is 11.4. The van der Waals surface area contributed by atoms with Gasteiger partial charge >= 0.3 is 5.97 Å². The molecular weight excluding hydrogens is 292 g/mol. The SMILES string of the molecule is COC(=O)CCC1(C)C=Cc2cc(O)c3c(c2O1)C1CCC3C1. The van der Waals surface area contributed by atoms with E-state index in [1.165, 1.54) is 25.5 Å². The maximum Gasteiger partial charge on any atom is 0.305 e. The number of aromatic hydroxyl groups is 1. The van der Waals surface area contributed by atoms with Crippen molar-refractivity contribution in [2.24, 2.45) is 0 Å². The van der Waals surface area contributed by atoms with Crippen LogP contribution in [0.25, 0.3) is 6.08 Å². The highest BCUT2D eigenvalue weighted by atomic mass is 16.5. The molecule has 3 unspecified atom stereocenters. The van der Waals surface area contributed by atoms with Gasteiger partial charge in [0.1, 0.15) is 17.1 Å². The standard InChI is InChI=1S/C19H22O4/c1-19(8-6-15(21)22-2)7-5-13-10-14(20)16-11-3-4-12(9-11)17(16)18(13)23-19/h5,7,10-12,20H,3-4,6,8-9H2,1-2H3. The van der Waals surface area contributed by atoms with Crippen LogP contribution in [0.1, 0.15) is 67.6 Å². The Morgan fingerprint density at radius 1 is 1.39 bits per heavy atom. The molecule has 4 rings (SSSR count). The van der Waals surface area contributed by atoms with Crippen molar-refractivity contribution in [1.29, 1.82) is 0 Å². The van der Waals surface area contributed by atoms with Crippen LogP contribution in [0.3, 0.4) is 0 Å². The lowest BCUT2D eigenvalue weighted by Gasteiger charge is -2.34. The van der Waals surface area contributed by atoms with Gasteiger partial charge in [-0.3, -0.25) is 4.79 Å². The number of methoxy groups -OCH3 is 1. The van der Waals surface area contributed by atoms with Crippen LogP contribution in [-0.2, 0) is 9.53 Å². The molecule has 1 aromatic rings. The summed E-state index contributed by atoms with van der Waals surface area (Å²) >= 11 is 0. The molecule has 2 bridgehead atoms. The van der Waals surface area contributed by atoms with E-state index >= 15 is 0 Å². The van der Waals surface area contributed by atoms with E-state index < -0.39 is 5.60 Å². The Labute approximate surface area is 136 Å². The molecule has 1 heterocycles. The van der Waals surface area contributed by atoms with Crippen LogP contribution >= 0.6 is 0 Å². The van der Waals surface area contributed by atoms with Crippen LogP contribution in [0, 0.1) is 0 Å². The predicted molar refractivity (Wildman–Crippen MR) is 86.8 cm³/mol. The van der Waals surface area contributed by atoms with Gasteiger partial charge in [0.2, 0.25) is 0 Å². The molecule has 122 valence electrons. The summed E-state index contributed by atoms with van der Waals surface area (Å²) in [6, 6.07) is 1.82. The Morgan fingerprint density at radius 3 is 2.87 bits per heavy atom. The molecule has 1 N–H and O–H groups in total. The van der Waals surface area contributed by atoms with Crippen molar-refractivity contribution in [3.63, 3.8) is 0 Å². The minimum Gasteiger partial charge on any atom is -0.508 e. The number of hydrogen-bond acceptors (Lipinski definition) is 4. The van der Waals surface area contributed by atoms with Gasteiger partial charge in [-0.1, -0.05) is 6.08 Å². The van der Waals surface area contributed by atoms with Crippen molar-refractivity contribution >= 4 is 12.0 Å². The highest BCUT2D eigenvalue weighted by Crippen LogP contribution is 2.60. The summed E-state index contributed by atoms with van der Waals surface area (Å²) in [5.41, 5.74) is 2.76. The van der Waals surface area contributed by atoms with Crippen LogP contribution < -0.4 is 4.74 Å². The van der Waals surface area contributed by atoms with Gasteiger partial charge in [-0.05, 0) is 50.2 Å². The molecule has 0 saturated heterocycles. The average Bonchev–Trinajstić information content (AvgIpc) is 3.15. The second-order valence-corrected chi connectivity index (χ2v) is 7.17. The lowest BCUT2D eigenvalue weighted by atomic mass is 9.86. The number of fused-ring (bicyclic) bond motifs is 7. The molecule has 4 heteroatoms. The fourth-order valence-corrected chi connectivity index (χ4v) is 4.40. The Hall–Kier alpha value is -1.97. The number of hydrogen-bond donors (Lipinski definition) is 1. The summed E-state index contributed by atoms with van der Waals surface area (Å²) in [5.74, 6) is 2.10. The zero-order valence-electron chi connectivity index (χ0n) is 13.6. The molecule has 4 nitrogen and oxygen atoms in total. The predicted octanol–water partition coefficient (Wildman–Crippen LogP) is 3.87. The van der Waals surface area contributed by atoms with Gasteiger partial charge in [-0.2, -0.15) is 0 Å².